The fourth-order valence-electron chi connectivity index (χ4n) is 3.47. The Morgan fingerprint density at radius 2 is 1.63 bits per heavy atom. The number of non-ortho nitro benzene ring substituents is 1. The van der Waals surface area contributed by atoms with Crippen molar-refractivity contribution in [3.63, 3.8) is 0 Å². The van der Waals surface area contributed by atoms with E-state index in [2.05, 4.69) is 41.1 Å². The summed E-state index contributed by atoms with van der Waals surface area (Å²) in [4.78, 5) is 20.7. The maximum Gasteiger partial charge on any atom is 0.301 e. The Kier molecular flexibility index (Phi) is 5.63. The number of nitrogens with zero attached hydrogens (tertiary/aromatic N) is 4. The zero-order valence-electron chi connectivity index (χ0n) is 17.0. The van der Waals surface area contributed by atoms with Gasteiger partial charge in [0.1, 0.15) is 5.69 Å². The van der Waals surface area contributed by atoms with Gasteiger partial charge in [0, 0.05) is 23.0 Å². The molecule has 0 unspecified atom stereocenters. The molecule has 1 aromatic heterocycles. The van der Waals surface area contributed by atoms with E-state index in [-0.39, 0.29) is 11.4 Å². The summed E-state index contributed by atoms with van der Waals surface area (Å²) in [5, 5.41) is 26.2. The third-order valence-corrected chi connectivity index (χ3v) is 4.91. The monoisotopic (exact) mass is 407 g/mol. The molecule has 3 rings (SSSR count). The highest BCUT2D eigenvalue weighted by molar-refractivity contribution is 5.83. The van der Waals surface area contributed by atoms with Gasteiger partial charge in [-0.1, -0.05) is 18.2 Å². The first kappa shape index (κ1) is 20.7. The Hall–Kier alpha value is -4.01. The molecule has 1 N–H and O–H groups in total. The number of rotatable bonds is 6. The topological polar surface area (TPSA) is 116 Å². The number of para-hydroxylation sites is 1. The first-order valence-corrected chi connectivity index (χ1v) is 9.18. The summed E-state index contributed by atoms with van der Waals surface area (Å²) >= 11 is 0. The van der Waals surface area contributed by atoms with Gasteiger partial charge in [0.25, 0.3) is 5.69 Å². The predicted molar refractivity (Wildman–Crippen MR) is 116 cm³/mol. The van der Waals surface area contributed by atoms with Crippen LogP contribution in [0.15, 0.2) is 47.6 Å². The van der Waals surface area contributed by atoms with Gasteiger partial charge in [-0.05, 0) is 51.0 Å². The quantitative estimate of drug-likeness (QED) is 0.352. The van der Waals surface area contributed by atoms with E-state index in [4.69, 9.17) is 0 Å². The Bertz CT molecular complexity index is 1160. The van der Waals surface area contributed by atoms with Crippen LogP contribution in [0.25, 0.3) is 5.69 Å². The Labute approximate surface area is 173 Å². The first-order valence-electron chi connectivity index (χ1n) is 9.18. The van der Waals surface area contributed by atoms with Crippen LogP contribution in [0.5, 0.6) is 0 Å². The fourth-order valence-corrected chi connectivity index (χ4v) is 3.47. The van der Waals surface area contributed by atoms with Crippen molar-refractivity contribution in [1.29, 1.82) is 0 Å². The van der Waals surface area contributed by atoms with Crippen molar-refractivity contribution in [2.45, 2.75) is 27.7 Å². The van der Waals surface area contributed by atoms with Crippen LogP contribution in [0, 0.1) is 47.9 Å². The number of hydrazone groups is 1. The number of nitro benzene ring substituents is 2. The van der Waals surface area contributed by atoms with Crippen LogP contribution in [0.3, 0.4) is 0 Å². The smallest absolute Gasteiger partial charge is 0.301 e. The van der Waals surface area contributed by atoms with Crippen molar-refractivity contribution in [3.8, 4) is 5.69 Å². The van der Waals surface area contributed by atoms with Crippen LogP contribution >= 0.6 is 0 Å². The molecule has 0 saturated heterocycles. The molecule has 0 saturated carbocycles. The second-order valence-corrected chi connectivity index (χ2v) is 6.99. The predicted octanol–water partition coefficient (Wildman–Crippen LogP) is 4.97. The maximum atomic E-state index is 11.2. The lowest BCUT2D eigenvalue weighted by atomic mass is 10.1. The first-order chi connectivity index (χ1) is 14.2. The average molecular weight is 407 g/mol. The van der Waals surface area contributed by atoms with E-state index in [0.29, 0.717) is 0 Å². The lowest BCUT2D eigenvalue weighted by Gasteiger charge is -2.15. The van der Waals surface area contributed by atoms with Crippen molar-refractivity contribution < 1.29 is 9.85 Å². The van der Waals surface area contributed by atoms with Gasteiger partial charge in [-0.3, -0.25) is 25.7 Å². The highest BCUT2D eigenvalue weighted by Gasteiger charge is 2.19. The number of hydrogen-bond acceptors (Lipinski definition) is 6. The highest BCUT2D eigenvalue weighted by Crippen LogP contribution is 2.29. The summed E-state index contributed by atoms with van der Waals surface area (Å²) in [6, 6.07) is 11.5. The fraction of sp³-hybridized carbons (Fsp3) is 0.190. The molecule has 0 aliphatic carbocycles. The van der Waals surface area contributed by atoms with Crippen LogP contribution < -0.4 is 5.43 Å². The maximum absolute atomic E-state index is 11.2. The molecule has 1 heterocycles. The molecule has 2 aromatic carbocycles. The molecule has 0 radical (unpaired) electrons. The van der Waals surface area contributed by atoms with Gasteiger partial charge in [0.05, 0.1) is 27.8 Å². The summed E-state index contributed by atoms with van der Waals surface area (Å²) in [6.45, 7) is 8.11. The summed E-state index contributed by atoms with van der Waals surface area (Å²) in [6.07, 6.45) is 1.58. The molecule has 9 nitrogen and oxygen atoms in total. The molecule has 3 aromatic rings. The minimum absolute atomic E-state index is 0.0744. The average Bonchev–Trinajstić information content (AvgIpc) is 2.95. The van der Waals surface area contributed by atoms with E-state index in [1.165, 1.54) is 12.1 Å². The number of anilines is 1. The summed E-state index contributed by atoms with van der Waals surface area (Å²) in [7, 11) is 0. The van der Waals surface area contributed by atoms with Crippen molar-refractivity contribution in [1.82, 2.24) is 4.57 Å². The summed E-state index contributed by atoms with van der Waals surface area (Å²) < 4.78 is 2.15. The number of nitrogens with one attached hydrogen (secondary N) is 1. The van der Waals surface area contributed by atoms with E-state index >= 15 is 0 Å². The van der Waals surface area contributed by atoms with Crippen molar-refractivity contribution in [2.75, 3.05) is 5.43 Å². The minimum atomic E-state index is -0.683. The Balaban J connectivity index is 1.92. The van der Waals surface area contributed by atoms with Gasteiger partial charge in [0.15, 0.2) is 0 Å². The highest BCUT2D eigenvalue weighted by atomic mass is 16.6. The van der Waals surface area contributed by atoms with Crippen LogP contribution in [-0.2, 0) is 0 Å². The summed E-state index contributed by atoms with van der Waals surface area (Å²) in [5.41, 5.74) is 8.22. The molecule has 0 fully saturated rings. The SMILES string of the molecule is Cc1cccc(C)c1-n1c(C)cc(C=NNc2ccc([N+](=O)[O-])cc2[N+](=O)[O-])c1C. The number of hydrogen-bond donors (Lipinski definition) is 1. The Morgan fingerprint density at radius 3 is 2.23 bits per heavy atom. The molecule has 9 heteroatoms. The largest absolute Gasteiger partial charge is 0.317 e. The van der Waals surface area contributed by atoms with E-state index in [1.54, 1.807) is 6.21 Å². The van der Waals surface area contributed by atoms with Gasteiger partial charge < -0.3 is 4.57 Å². The second kappa shape index (κ2) is 8.16. The minimum Gasteiger partial charge on any atom is -0.317 e. The normalized spacial score (nSPS) is 11.1. The van der Waals surface area contributed by atoms with Crippen LogP contribution in [0.2, 0.25) is 0 Å². The number of aromatic nitrogens is 1. The lowest BCUT2D eigenvalue weighted by Crippen LogP contribution is -2.04. The third-order valence-electron chi connectivity index (χ3n) is 4.91. The van der Waals surface area contributed by atoms with E-state index in [1.807, 2.05) is 26.0 Å². The Morgan fingerprint density at radius 1 is 0.967 bits per heavy atom. The molecule has 30 heavy (non-hydrogen) atoms. The lowest BCUT2D eigenvalue weighted by molar-refractivity contribution is -0.393. The van der Waals surface area contributed by atoms with Gasteiger partial charge in [-0.2, -0.15) is 5.10 Å². The van der Waals surface area contributed by atoms with E-state index in [9.17, 15) is 20.2 Å². The van der Waals surface area contributed by atoms with Gasteiger partial charge in [0.2, 0.25) is 0 Å². The van der Waals surface area contributed by atoms with Crippen molar-refractivity contribution >= 4 is 23.3 Å². The van der Waals surface area contributed by atoms with Crippen molar-refractivity contribution in [2.24, 2.45) is 5.10 Å². The van der Waals surface area contributed by atoms with Gasteiger partial charge >= 0.3 is 5.69 Å². The van der Waals surface area contributed by atoms with Crippen LogP contribution in [-0.4, -0.2) is 20.6 Å². The molecular weight excluding hydrogens is 386 g/mol. The number of benzene rings is 2. The van der Waals surface area contributed by atoms with Crippen LogP contribution in [0.4, 0.5) is 17.1 Å². The molecule has 0 amide bonds. The second-order valence-electron chi connectivity index (χ2n) is 6.99. The van der Waals surface area contributed by atoms with E-state index in [0.717, 1.165) is 39.8 Å². The van der Waals surface area contributed by atoms with Crippen molar-refractivity contribution in [3.05, 3.63) is 90.8 Å². The van der Waals surface area contributed by atoms with Crippen LogP contribution in [0.1, 0.15) is 28.1 Å². The van der Waals surface area contributed by atoms with Gasteiger partial charge in [-0.15, -0.1) is 0 Å². The third kappa shape index (κ3) is 3.90. The van der Waals surface area contributed by atoms with Gasteiger partial charge in [-0.25, -0.2) is 0 Å². The molecule has 0 atom stereocenters. The molecule has 0 bridgehead atoms. The zero-order valence-corrected chi connectivity index (χ0v) is 17.0. The molecule has 0 spiro atoms. The molecule has 0 aliphatic rings. The zero-order chi connectivity index (χ0) is 22.0. The summed E-state index contributed by atoms with van der Waals surface area (Å²) in [5.74, 6) is 0. The molecular formula is C21H21N5O4. The number of aryl methyl sites for hydroxylation is 3. The standard InChI is InChI=1S/C21H21N5O4/c1-13-6-5-7-14(2)21(13)24-15(3)10-17(16(24)4)12-22-23-19-9-8-18(25(27)28)11-20(19)26(29)30/h5-12,23H,1-4H3. The molecule has 0 aliphatic heterocycles. The number of nitro groups is 2. The van der Waals surface area contributed by atoms with E-state index < -0.39 is 15.5 Å². The molecule has 154 valence electrons.